The van der Waals surface area contributed by atoms with Crippen molar-refractivity contribution in [1.82, 2.24) is 4.90 Å². The van der Waals surface area contributed by atoms with E-state index in [0.29, 0.717) is 6.54 Å². The van der Waals surface area contributed by atoms with Crippen LogP contribution in [-0.4, -0.2) is 35.2 Å². The standard InChI is InChI=1S/C18H26N2O2/c1-13-9-14(2)11-15(10-13)19-17(22)20-8-4-7-18(12-20)6-3-5-16(18)21/h9-11,16,21H,3-8,12H2,1-2H3,(H,19,22)/t16-,18-/m1/s1. The lowest BCUT2D eigenvalue weighted by Crippen LogP contribution is -2.50. The lowest BCUT2D eigenvalue weighted by atomic mass is 9.77. The molecule has 4 nitrogen and oxygen atoms in total. The Morgan fingerprint density at radius 3 is 2.55 bits per heavy atom. The van der Waals surface area contributed by atoms with Crippen LogP contribution in [0, 0.1) is 19.3 Å². The molecule has 1 aromatic rings. The number of aliphatic hydroxyl groups is 1. The van der Waals surface area contributed by atoms with Crippen LogP contribution in [0.5, 0.6) is 0 Å². The zero-order valence-corrected chi connectivity index (χ0v) is 13.6. The van der Waals surface area contributed by atoms with Gasteiger partial charge in [0, 0.05) is 24.2 Å². The number of nitrogens with zero attached hydrogens (tertiary/aromatic N) is 1. The molecule has 2 aliphatic rings. The van der Waals surface area contributed by atoms with Crippen LogP contribution in [0.4, 0.5) is 10.5 Å². The predicted octanol–water partition coefficient (Wildman–Crippen LogP) is 3.46. The number of rotatable bonds is 1. The smallest absolute Gasteiger partial charge is 0.321 e. The van der Waals surface area contributed by atoms with Gasteiger partial charge in [-0.05, 0) is 62.8 Å². The molecule has 1 saturated carbocycles. The van der Waals surface area contributed by atoms with Crippen molar-refractivity contribution in [3.05, 3.63) is 29.3 Å². The maximum absolute atomic E-state index is 12.6. The average molecular weight is 302 g/mol. The van der Waals surface area contributed by atoms with Gasteiger partial charge in [-0.25, -0.2) is 4.79 Å². The quantitative estimate of drug-likeness (QED) is 0.834. The van der Waals surface area contributed by atoms with Crippen LogP contribution in [0.1, 0.15) is 43.2 Å². The lowest BCUT2D eigenvalue weighted by molar-refractivity contribution is 0.00400. The molecule has 0 aromatic heterocycles. The molecule has 0 unspecified atom stereocenters. The zero-order chi connectivity index (χ0) is 15.7. The number of carbonyl (C=O) groups excluding carboxylic acids is 1. The van der Waals surface area contributed by atoms with Crippen LogP contribution in [0.15, 0.2) is 18.2 Å². The summed E-state index contributed by atoms with van der Waals surface area (Å²) in [5.74, 6) is 0. The lowest BCUT2D eigenvalue weighted by Gasteiger charge is -2.42. The van der Waals surface area contributed by atoms with Gasteiger partial charge in [0.1, 0.15) is 0 Å². The SMILES string of the molecule is Cc1cc(C)cc(NC(=O)N2CCC[C@]3(CCC[C@H]3O)C2)c1. The van der Waals surface area contributed by atoms with E-state index in [0.717, 1.165) is 55.5 Å². The molecular formula is C18H26N2O2. The molecule has 22 heavy (non-hydrogen) atoms. The molecule has 1 heterocycles. The predicted molar refractivity (Wildman–Crippen MR) is 88.0 cm³/mol. The third-order valence-corrected chi connectivity index (χ3v) is 5.23. The number of urea groups is 1. The molecule has 1 aliphatic heterocycles. The van der Waals surface area contributed by atoms with E-state index in [2.05, 4.69) is 11.4 Å². The van der Waals surface area contributed by atoms with Gasteiger partial charge in [0.15, 0.2) is 0 Å². The van der Waals surface area contributed by atoms with E-state index in [-0.39, 0.29) is 17.6 Å². The molecule has 4 heteroatoms. The summed E-state index contributed by atoms with van der Waals surface area (Å²) < 4.78 is 0. The Kier molecular flexibility index (Phi) is 4.13. The van der Waals surface area contributed by atoms with Crippen LogP contribution in [0.3, 0.4) is 0 Å². The second-order valence-electron chi connectivity index (χ2n) is 7.10. The highest BCUT2D eigenvalue weighted by Crippen LogP contribution is 2.45. The van der Waals surface area contributed by atoms with Gasteiger partial charge in [0.25, 0.3) is 0 Å². The highest BCUT2D eigenvalue weighted by molar-refractivity contribution is 5.89. The van der Waals surface area contributed by atoms with Crippen LogP contribution in [0.2, 0.25) is 0 Å². The molecule has 0 radical (unpaired) electrons. The normalized spacial score (nSPS) is 28.1. The van der Waals surface area contributed by atoms with Gasteiger partial charge in [0.05, 0.1) is 6.10 Å². The number of anilines is 1. The maximum Gasteiger partial charge on any atom is 0.321 e. The Morgan fingerprint density at radius 2 is 1.91 bits per heavy atom. The van der Waals surface area contributed by atoms with Gasteiger partial charge in [-0.3, -0.25) is 0 Å². The number of aryl methyl sites for hydroxylation is 2. The number of benzene rings is 1. The van der Waals surface area contributed by atoms with Crippen molar-refractivity contribution < 1.29 is 9.90 Å². The van der Waals surface area contributed by atoms with Crippen molar-refractivity contribution >= 4 is 11.7 Å². The van der Waals surface area contributed by atoms with E-state index in [9.17, 15) is 9.90 Å². The van der Waals surface area contributed by atoms with E-state index in [4.69, 9.17) is 0 Å². The van der Waals surface area contributed by atoms with Crippen molar-refractivity contribution in [2.45, 2.75) is 52.1 Å². The summed E-state index contributed by atoms with van der Waals surface area (Å²) in [4.78, 5) is 14.5. The number of carbonyl (C=O) groups is 1. The Balaban J connectivity index is 1.69. The first kappa shape index (κ1) is 15.3. The minimum atomic E-state index is -0.246. The van der Waals surface area contributed by atoms with Crippen molar-refractivity contribution in [2.75, 3.05) is 18.4 Å². The van der Waals surface area contributed by atoms with Crippen LogP contribution >= 0.6 is 0 Å². The molecule has 2 fully saturated rings. The number of likely N-dealkylation sites (tertiary alicyclic amines) is 1. The van der Waals surface area contributed by atoms with E-state index >= 15 is 0 Å². The summed E-state index contributed by atoms with van der Waals surface area (Å²) in [6.07, 6.45) is 4.78. The van der Waals surface area contributed by atoms with Crippen LogP contribution in [-0.2, 0) is 0 Å². The number of hydrogen-bond acceptors (Lipinski definition) is 2. The molecule has 2 N–H and O–H groups in total. The maximum atomic E-state index is 12.6. The molecule has 2 amide bonds. The largest absolute Gasteiger partial charge is 0.392 e. The third-order valence-electron chi connectivity index (χ3n) is 5.23. The van der Waals surface area contributed by atoms with E-state index in [1.54, 1.807) is 0 Å². The van der Waals surface area contributed by atoms with Gasteiger partial charge < -0.3 is 15.3 Å². The van der Waals surface area contributed by atoms with E-state index in [1.807, 2.05) is 30.9 Å². The molecule has 1 spiro atoms. The van der Waals surface area contributed by atoms with Crippen molar-refractivity contribution in [3.63, 3.8) is 0 Å². The highest BCUT2D eigenvalue weighted by Gasteiger charge is 2.45. The summed E-state index contributed by atoms with van der Waals surface area (Å²) >= 11 is 0. The van der Waals surface area contributed by atoms with Gasteiger partial charge in [-0.1, -0.05) is 12.5 Å². The summed E-state index contributed by atoms with van der Waals surface area (Å²) in [7, 11) is 0. The van der Waals surface area contributed by atoms with Gasteiger partial charge in [0.2, 0.25) is 0 Å². The third kappa shape index (κ3) is 2.98. The van der Waals surface area contributed by atoms with Gasteiger partial charge in [-0.15, -0.1) is 0 Å². The van der Waals surface area contributed by atoms with Gasteiger partial charge in [-0.2, -0.15) is 0 Å². The van der Waals surface area contributed by atoms with Crippen LogP contribution in [0.25, 0.3) is 0 Å². The second kappa shape index (κ2) is 5.92. The summed E-state index contributed by atoms with van der Waals surface area (Å²) in [6.45, 7) is 5.54. The minimum absolute atomic E-state index is 0.0387. The fourth-order valence-electron chi connectivity index (χ4n) is 4.18. The molecule has 120 valence electrons. The number of amides is 2. The molecule has 1 saturated heterocycles. The van der Waals surface area contributed by atoms with E-state index in [1.165, 1.54) is 0 Å². The second-order valence-corrected chi connectivity index (χ2v) is 7.10. The number of aliphatic hydroxyl groups excluding tert-OH is 1. The first-order valence-electron chi connectivity index (χ1n) is 8.31. The summed E-state index contributed by atoms with van der Waals surface area (Å²) in [5, 5.41) is 13.3. The van der Waals surface area contributed by atoms with Crippen molar-refractivity contribution in [3.8, 4) is 0 Å². The molecule has 3 rings (SSSR count). The highest BCUT2D eigenvalue weighted by atomic mass is 16.3. The first-order valence-corrected chi connectivity index (χ1v) is 8.31. The Hall–Kier alpha value is -1.55. The molecule has 0 bridgehead atoms. The Morgan fingerprint density at radius 1 is 1.23 bits per heavy atom. The number of piperidine rings is 1. The first-order chi connectivity index (χ1) is 10.5. The fourth-order valence-corrected chi connectivity index (χ4v) is 4.18. The minimum Gasteiger partial charge on any atom is -0.392 e. The van der Waals surface area contributed by atoms with Gasteiger partial charge >= 0.3 is 6.03 Å². The van der Waals surface area contributed by atoms with E-state index < -0.39 is 0 Å². The van der Waals surface area contributed by atoms with Crippen molar-refractivity contribution in [1.29, 1.82) is 0 Å². The molecule has 2 atom stereocenters. The topological polar surface area (TPSA) is 52.6 Å². The number of hydrogen-bond donors (Lipinski definition) is 2. The summed E-state index contributed by atoms with van der Waals surface area (Å²) in [6, 6.07) is 6.05. The molecule has 1 aliphatic carbocycles. The summed E-state index contributed by atoms with van der Waals surface area (Å²) in [5.41, 5.74) is 3.10. The van der Waals surface area contributed by atoms with Crippen molar-refractivity contribution in [2.24, 2.45) is 5.41 Å². The Labute approximate surface area is 132 Å². The zero-order valence-electron chi connectivity index (χ0n) is 13.6. The molecule has 1 aromatic carbocycles. The average Bonchev–Trinajstić information content (AvgIpc) is 2.78. The number of nitrogens with one attached hydrogen (secondary N) is 1. The fraction of sp³-hybridized carbons (Fsp3) is 0.611. The molecular weight excluding hydrogens is 276 g/mol. The Bertz CT molecular complexity index is 552. The monoisotopic (exact) mass is 302 g/mol. The van der Waals surface area contributed by atoms with Crippen LogP contribution < -0.4 is 5.32 Å².